The molecule has 1 aliphatic rings. The number of benzene rings is 1. The van der Waals surface area contributed by atoms with E-state index in [1.165, 1.54) is 16.3 Å². The number of likely N-dealkylation sites (tertiary alicyclic amines) is 1. The van der Waals surface area contributed by atoms with Gasteiger partial charge in [0.15, 0.2) is 0 Å². The number of thiophene rings is 1. The highest BCUT2D eigenvalue weighted by Crippen LogP contribution is 2.24. The zero-order valence-corrected chi connectivity index (χ0v) is 17.3. The molecule has 0 spiro atoms. The van der Waals surface area contributed by atoms with Crippen molar-refractivity contribution in [2.24, 2.45) is 5.92 Å². The minimum absolute atomic E-state index is 0.0268. The maximum atomic E-state index is 13.0. The number of aromatic nitrogens is 2. The predicted molar refractivity (Wildman–Crippen MR) is 116 cm³/mol. The van der Waals surface area contributed by atoms with Crippen molar-refractivity contribution in [2.45, 2.75) is 32.2 Å². The molecule has 0 saturated carbocycles. The van der Waals surface area contributed by atoms with Crippen molar-refractivity contribution >= 4 is 17.2 Å². The number of amides is 1. The van der Waals surface area contributed by atoms with E-state index in [4.69, 9.17) is 0 Å². The van der Waals surface area contributed by atoms with Gasteiger partial charge in [-0.1, -0.05) is 36.4 Å². The molecule has 1 saturated heterocycles. The minimum atomic E-state index is -0.604. The lowest BCUT2D eigenvalue weighted by Gasteiger charge is -2.33. The van der Waals surface area contributed by atoms with E-state index in [-0.39, 0.29) is 11.5 Å². The maximum absolute atomic E-state index is 13.0. The average Bonchev–Trinajstić information content (AvgIpc) is 3.29. The summed E-state index contributed by atoms with van der Waals surface area (Å²) in [5.41, 5.74) is 1.83. The van der Waals surface area contributed by atoms with Crippen LogP contribution in [0.3, 0.4) is 0 Å². The highest BCUT2D eigenvalue weighted by Gasteiger charge is 2.28. The zero-order valence-electron chi connectivity index (χ0n) is 16.5. The van der Waals surface area contributed by atoms with Crippen molar-refractivity contribution in [3.63, 3.8) is 0 Å². The molecule has 6 heteroatoms. The van der Waals surface area contributed by atoms with Crippen LogP contribution >= 0.6 is 11.3 Å². The van der Waals surface area contributed by atoms with Gasteiger partial charge in [-0.3, -0.25) is 9.59 Å². The minimum Gasteiger partial charge on any atom is -0.341 e. The van der Waals surface area contributed by atoms with E-state index >= 15 is 0 Å². The standard InChI is InChI=1S/C23H25N3O2S/c1-17(26-22(27)10-9-20(24-26)21-8-5-15-29-21)23(28)25-13-11-19(12-14-25)16-18-6-3-2-4-7-18/h2-10,15,17,19H,11-14,16H2,1H3. The molecule has 1 aromatic carbocycles. The van der Waals surface area contributed by atoms with Gasteiger partial charge in [0.05, 0.1) is 4.88 Å². The Morgan fingerprint density at radius 2 is 1.86 bits per heavy atom. The molecule has 0 aliphatic carbocycles. The molecule has 2 aromatic heterocycles. The third kappa shape index (κ3) is 4.48. The number of hydrogen-bond acceptors (Lipinski definition) is 4. The van der Waals surface area contributed by atoms with Crippen LogP contribution in [0.25, 0.3) is 10.6 Å². The zero-order chi connectivity index (χ0) is 20.2. The van der Waals surface area contributed by atoms with Crippen molar-refractivity contribution in [2.75, 3.05) is 13.1 Å². The van der Waals surface area contributed by atoms with Gasteiger partial charge in [-0.25, -0.2) is 4.68 Å². The number of piperidine rings is 1. The second-order valence-corrected chi connectivity index (χ2v) is 8.56. The first-order valence-corrected chi connectivity index (χ1v) is 11.0. The summed E-state index contributed by atoms with van der Waals surface area (Å²) in [5, 5.41) is 6.44. The van der Waals surface area contributed by atoms with Crippen molar-refractivity contribution in [1.82, 2.24) is 14.7 Å². The Morgan fingerprint density at radius 3 is 2.55 bits per heavy atom. The topological polar surface area (TPSA) is 55.2 Å². The summed E-state index contributed by atoms with van der Waals surface area (Å²) in [6, 6.07) is 17.0. The largest absolute Gasteiger partial charge is 0.341 e. The average molecular weight is 408 g/mol. The second kappa shape index (κ2) is 8.74. The number of rotatable bonds is 5. The molecule has 0 N–H and O–H groups in total. The van der Waals surface area contributed by atoms with Crippen molar-refractivity contribution < 1.29 is 4.79 Å². The summed E-state index contributed by atoms with van der Waals surface area (Å²) < 4.78 is 1.33. The fraction of sp³-hybridized carbons (Fsp3) is 0.348. The van der Waals surface area contributed by atoms with Gasteiger partial charge >= 0.3 is 0 Å². The van der Waals surface area contributed by atoms with E-state index < -0.39 is 6.04 Å². The monoisotopic (exact) mass is 407 g/mol. The van der Waals surface area contributed by atoms with E-state index in [0.29, 0.717) is 5.92 Å². The lowest BCUT2D eigenvalue weighted by molar-refractivity contribution is -0.136. The molecule has 1 atom stereocenters. The van der Waals surface area contributed by atoms with Crippen LogP contribution in [0.15, 0.2) is 64.8 Å². The summed E-state index contributed by atoms with van der Waals surface area (Å²) >= 11 is 1.57. The van der Waals surface area contributed by atoms with Gasteiger partial charge in [0, 0.05) is 19.2 Å². The number of carbonyl (C=O) groups is 1. The van der Waals surface area contributed by atoms with Crippen LogP contribution in [0.4, 0.5) is 0 Å². The quantitative estimate of drug-likeness (QED) is 0.642. The van der Waals surface area contributed by atoms with Gasteiger partial charge in [-0.2, -0.15) is 5.10 Å². The number of hydrogen-bond donors (Lipinski definition) is 0. The summed E-state index contributed by atoms with van der Waals surface area (Å²) in [6.07, 6.45) is 3.04. The first kappa shape index (κ1) is 19.6. The van der Waals surface area contributed by atoms with E-state index in [0.717, 1.165) is 42.9 Å². The van der Waals surface area contributed by atoms with Crippen LogP contribution < -0.4 is 5.56 Å². The van der Waals surface area contributed by atoms with Crippen LogP contribution in [0.1, 0.15) is 31.4 Å². The van der Waals surface area contributed by atoms with Crippen molar-refractivity contribution in [3.05, 3.63) is 75.9 Å². The number of carbonyl (C=O) groups excluding carboxylic acids is 1. The van der Waals surface area contributed by atoms with Crippen molar-refractivity contribution in [3.8, 4) is 10.6 Å². The van der Waals surface area contributed by atoms with Gasteiger partial charge in [0.1, 0.15) is 11.7 Å². The summed E-state index contributed by atoms with van der Waals surface area (Å²) in [4.78, 5) is 28.3. The highest BCUT2D eigenvalue weighted by atomic mass is 32.1. The summed E-state index contributed by atoms with van der Waals surface area (Å²) in [5.74, 6) is 0.570. The third-order valence-electron chi connectivity index (χ3n) is 5.62. The molecule has 1 fully saturated rings. The smallest absolute Gasteiger partial charge is 0.267 e. The van der Waals surface area contributed by atoms with E-state index in [2.05, 4.69) is 29.4 Å². The fourth-order valence-corrected chi connectivity index (χ4v) is 4.62. The number of nitrogens with zero attached hydrogens (tertiary/aromatic N) is 3. The molecule has 1 aliphatic heterocycles. The molecule has 29 heavy (non-hydrogen) atoms. The Hall–Kier alpha value is -2.73. The molecule has 0 radical (unpaired) electrons. The highest BCUT2D eigenvalue weighted by molar-refractivity contribution is 7.13. The molecule has 1 unspecified atom stereocenters. The normalized spacial score (nSPS) is 16.0. The Labute approximate surface area is 174 Å². The van der Waals surface area contributed by atoms with Crippen LogP contribution in [0, 0.1) is 5.92 Å². The van der Waals surface area contributed by atoms with Gasteiger partial charge in [0.2, 0.25) is 5.91 Å². The summed E-state index contributed by atoms with van der Waals surface area (Å²) in [6.45, 7) is 3.24. The first-order chi connectivity index (χ1) is 14.1. The lowest BCUT2D eigenvalue weighted by atomic mass is 9.90. The van der Waals surface area contributed by atoms with Crippen LogP contribution in [0.5, 0.6) is 0 Å². The van der Waals surface area contributed by atoms with Gasteiger partial charge in [-0.15, -0.1) is 11.3 Å². The van der Waals surface area contributed by atoms with Gasteiger partial charge in [0.25, 0.3) is 5.56 Å². The van der Waals surface area contributed by atoms with Gasteiger partial charge < -0.3 is 4.90 Å². The molecule has 5 nitrogen and oxygen atoms in total. The predicted octanol–water partition coefficient (Wildman–Crippen LogP) is 4.01. The molecule has 4 rings (SSSR count). The van der Waals surface area contributed by atoms with E-state index in [9.17, 15) is 9.59 Å². The lowest BCUT2D eigenvalue weighted by Crippen LogP contribution is -2.44. The molecule has 0 bridgehead atoms. The molecule has 1 amide bonds. The van der Waals surface area contributed by atoms with E-state index in [1.54, 1.807) is 24.3 Å². The van der Waals surface area contributed by atoms with Gasteiger partial charge in [-0.05, 0) is 55.2 Å². The molecule has 3 heterocycles. The van der Waals surface area contributed by atoms with Crippen molar-refractivity contribution in [1.29, 1.82) is 0 Å². The summed E-state index contributed by atoms with van der Waals surface area (Å²) in [7, 11) is 0. The van der Waals surface area contributed by atoms with Crippen LogP contribution in [0.2, 0.25) is 0 Å². The fourth-order valence-electron chi connectivity index (χ4n) is 3.93. The Morgan fingerprint density at radius 1 is 1.10 bits per heavy atom. The maximum Gasteiger partial charge on any atom is 0.267 e. The molecular formula is C23H25N3O2S. The SMILES string of the molecule is CC(C(=O)N1CCC(Cc2ccccc2)CC1)n1nc(-c2cccs2)ccc1=O. The first-order valence-electron chi connectivity index (χ1n) is 10.1. The molecule has 150 valence electrons. The van der Waals surface area contributed by atoms with Crippen LogP contribution in [-0.2, 0) is 11.2 Å². The molecule has 3 aromatic rings. The third-order valence-corrected chi connectivity index (χ3v) is 6.51. The Kier molecular flexibility index (Phi) is 5.90. The van der Waals surface area contributed by atoms with E-state index in [1.807, 2.05) is 28.5 Å². The molecular weight excluding hydrogens is 382 g/mol. The second-order valence-electron chi connectivity index (χ2n) is 7.61. The van der Waals surface area contributed by atoms with Crippen LogP contribution in [-0.4, -0.2) is 33.7 Å². The Bertz CT molecular complexity index is 1010. The Balaban J connectivity index is 1.41.